The molecule has 0 amide bonds. The molecule has 2 rings (SSSR count). The van der Waals surface area contributed by atoms with Gasteiger partial charge >= 0.3 is 5.97 Å². The fraction of sp³-hybridized carbons (Fsp3) is 0.214. The highest BCUT2D eigenvalue weighted by molar-refractivity contribution is 7.09. The molecule has 2 N–H and O–H groups in total. The van der Waals surface area contributed by atoms with Crippen molar-refractivity contribution in [3.8, 4) is 0 Å². The molecule has 0 aliphatic carbocycles. The molecule has 0 atom stereocenters. The van der Waals surface area contributed by atoms with E-state index in [9.17, 15) is 9.18 Å². The zero-order chi connectivity index (χ0) is 13.8. The van der Waals surface area contributed by atoms with Crippen molar-refractivity contribution >= 4 is 23.0 Å². The molecule has 0 unspecified atom stereocenters. The molecule has 0 fully saturated rings. The number of carbonyl (C=O) groups is 1. The van der Waals surface area contributed by atoms with E-state index in [0.717, 1.165) is 10.9 Å². The molecule has 19 heavy (non-hydrogen) atoms. The summed E-state index contributed by atoms with van der Waals surface area (Å²) in [5, 5.41) is 1.97. The number of hydrogen-bond acceptors (Lipinski definition) is 4. The predicted molar refractivity (Wildman–Crippen MR) is 73.9 cm³/mol. The fourth-order valence-corrected chi connectivity index (χ4v) is 2.29. The van der Waals surface area contributed by atoms with E-state index in [0.29, 0.717) is 12.0 Å². The maximum atomic E-state index is 13.5. The lowest BCUT2D eigenvalue weighted by Crippen LogP contribution is -2.09. The number of halogens is 1. The summed E-state index contributed by atoms with van der Waals surface area (Å²) in [5.74, 6) is -1.05. The van der Waals surface area contributed by atoms with E-state index in [1.165, 1.54) is 6.07 Å². The molecule has 3 nitrogen and oxygen atoms in total. The molecule has 1 heterocycles. The average Bonchev–Trinajstić information content (AvgIpc) is 2.88. The highest BCUT2D eigenvalue weighted by Crippen LogP contribution is 2.18. The first-order valence-electron chi connectivity index (χ1n) is 5.83. The van der Waals surface area contributed by atoms with Crippen LogP contribution in [-0.4, -0.2) is 12.6 Å². The summed E-state index contributed by atoms with van der Waals surface area (Å²) in [4.78, 5) is 12.9. The molecule has 1 aromatic heterocycles. The number of hydrogen-bond donors (Lipinski definition) is 1. The van der Waals surface area contributed by atoms with Gasteiger partial charge in [0.1, 0.15) is 5.82 Å². The molecule has 100 valence electrons. The Kier molecular flexibility index (Phi) is 4.16. The second-order valence-electron chi connectivity index (χ2n) is 4.14. The lowest BCUT2D eigenvalue weighted by Gasteiger charge is -2.07. The van der Waals surface area contributed by atoms with E-state index in [4.69, 9.17) is 10.5 Å². The summed E-state index contributed by atoms with van der Waals surface area (Å²) in [7, 11) is 0. The van der Waals surface area contributed by atoms with E-state index in [1.807, 2.05) is 17.5 Å². The number of thiophene rings is 1. The van der Waals surface area contributed by atoms with Crippen molar-refractivity contribution < 1.29 is 13.9 Å². The number of nitrogens with two attached hydrogens (primary N) is 1. The van der Waals surface area contributed by atoms with Crippen LogP contribution in [-0.2, 0) is 11.2 Å². The first-order chi connectivity index (χ1) is 9.08. The van der Waals surface area contributed by atoms with Crippen molar-refractivity contribution in [3.05, 3.63) is 51.5 Å². The van der Waals surface area contributed by atoms with Gasteiger partial charge in [-0.15, -0.1) is 11.3 Å². The molecule has 1 aromatic carbocycles. The molecule has 0 aliphatic rings. The lowest BCUT2D eigenvalue weighted by atomic mass is 10.1. The number of nitrogen functional groups attached to an aromatic ring is 1. The number of esters is 1. The van der Waals surface area contributed by atoms with Crippen molar-refractivity contribution in [3.63, 3.8) is 0 Å². The Balaban J connectivity index is 1.96. The molecule has 0 spiro atoms. The summed E-state index contributed by atoms with van der Waals surface area (Å²) < 4.78 is 18.6. The number of rotatable bonds is 4. The monoisotopic (exact) mass is 279 g/mol. The Hall–Kier alpha value is -1.88. The van der Waals surface area contributed by atoms with Crippen LogP contribution in [0.1, 0.15) is 20.8 Å². The second-order valence-corrected chi connectivity index (χ2v) is 5.17. The van der Waals surface area contributed by atoms with Gasteiger partial charge in [0, 0.05) is 22.5 Å². The summed E-state index contributed by atoms with van der Waals surface area (Å²) in [6.07, 6.45) is 0.660. The Bertz CT molecular complexity index is 558. The van der Waals surface area contributed by atoms with Gasteiger partial charge in [0.2, 0.25) is 0 Å². The lowest BCUT2D eigenvalue weighted by molar-refractivity contribution is 0.0509. The Labute approximate surface area is 114 Å². The number of ether oxygens (including phenoxy) is 1. The maximum Gasteiger partial charge on any atom is 0.338 e. The zero-order valence-electron chi connectivity index (χ0n) is 10.5. The van der Waals surface area contributed by atoms with Crippen LogP contribution in [0, 0.1) is 12.7 Å². The van der Waals surface area contributed by atoms with Gasteiger partial charge in [-0.05, 0) is 30.5 Å². The van der Waals surface area contributed by atoms with Crippen LogP contribution < -0.4 is 5.73 Å². The van der Waals surface area contributed by atoms with Crippen LogP contribution in [0.5, 0.6) is 0 Å². The highest BCUT2D eigenvalue weighted by atomic mass is 32.1. The Morgan fingerprint density at radius 1 is 1.47 bits per heavy atom. The van der Waals surface area contributed by atoms with Gasteiger partial charge < -0.3 is 10.5 Å². The Morgan fingerprint density at radius 3 is 2.89 bits per heavy atom. The molecular weight excluding hydrogens is 265 g/mol. The summed E-state index contributed by atoms with van der Waals surface area (Å²) in [6, 6.07) is 6.50. The van der Waals surface area contributed by atoms with Crippen molar-refractivity contribution in [2.24, 2.45) is 0 Å². The normalized spacial score (nSPS) is 10.4. The SMILES string of the molecule is Cc1c(N)cc(C(=O)OCCc2cccs2)cc1F. The highest BCUT2D eigenvalue weighted by Gasteiger charge is 2.12. The van der Waals surface area contributed by atoms with E-state index in [-0.39, 0.29) is 17.9 Å². The van der Waals surface area contributed by atoms with Crippen LogP contribution in [0.2, 0.25) is 0 Å². The average molecular weight is 279 g/mol. The largest absolute Gasteiger partial charge is 0.462 e. The van der Waals surface area contributed by atoms with E-state index < -0.39 is 11.8 Å². The third kappa shape index (κ3) is 3.32. The number of carbonyl (C=O) groups excluding carboxylic acids is 1. The molecule has 5 heteroatoms. The van der Waals surface area contributed by atoms with Gasteiger partial charge in [-0.3, -0.25) is 0 Å². The standard InChI is InChI=1S/C14H14FNO2S/c1-9-12(15)7-10(8-13(9)16)14(17)18-5-4-11-3-2-6-19-11/h2-3,6-8H,4-5,16H2,1H3. The molecule has 2 aromatic rings. The fourth-order valence-electron chi connectivity index (χ4n) is 1.60. The van der Waals surface area contributed by atoms with Gasteiger partial charge in [-0.25, -0.2) is 9.18 Å². The summed E-state index contributed by atoms with van der Waals surface area (Å²) in [5.41, 5.74) is 6.36. The third-order valence-corrected chi connectivity index (χ3v) is 3.72. The minimum absolute atomic E-state index is 0.145. The summed E-state index contributed by atoms with van der Waals surface area (Å²) >= 11 is 1.61. The quantitative estimate of drug-likeness (QED) is 0.691. The minimum Gasteiger partial charge on any atom is -0.462 e. The van der Waals surface area contributed by atoms with Crippen molar-refractivity contribution in [1.82, 2.24) is 0 Å². The molecule has 0 bridgehead atoms. The number of benzene rings is 1. The zero-order valence-corrected chi connectivity index (χ0v) is 11.3. The van der Waals surface area contributed by atoms with Crippen LogP contribution in [0.4, 0.5) is 10.1 Å². The van der Waals surface area contributed by atoms with Gasteiger partial charge in [0.25, 0.3) is 0 Å². The topological polar surface area (TPSA) is 52.3 Å². The molecule has 0 saturated carbocycles. The minimum atomic E-state index is -0.554. The van der Waals surface area contributed by atoms with E-state index in [2.05, 4.69) is 0 Å². The van der Waals surface area contributed by atoms with Crippen LogP contribution in [0.3, 0.4) is 0 Å². The third-order valence-electron chi connectivity index (χ3n) is 2.78. The smallest absolute Gasteiger partial charge is 0.338 e. The van der Waals surface area contributed by atoms with Crippen LogP contribution in [0.15, 0.2) is 29.6 Å². The van der Waals surface area contributed by atoms with Gasteiger partial charge in [-0.2, -0.15) is 0 Å². The first kappa shape index (κ1) is 13.5. The molecule has 0 saturated heterocycles. The molecule has 0 aliphatic heterocycles. The molecular formula is C14H14FNO2S. The first-order valence-corrected chi connectivity index (χ1v) is 6.71. The van der Waals surface area contributed by atoms with E-state index >= 15 is 0 Å². The van der Waals surface area contributed by atoms with Gasteiger partial charge in [-0.1, -0.05) is 6.07 Å². The maximum absolute atomic E-state index is 13.5. The van der Waals surface area contributed by atoms with Crippen LogP contribution >= 0.6 is 11.3 Å². The molecule has 0 radical (unpaired) electrons. The van der Waals surface area contributed by atoms with Crippen molar-refractivity contribution in [1.29, 1.82) is 0 Å². The predicted octanol–water partition coefficient (Wildman–Crippen LogP) is 3.18. The van der Waals surface area contributed by atoms with Gasteiger partial charge in [0.05, 0.1) is 12.2 Å². The van der Waals surface area contributed by atoms with Crippen LogP contribution in [0.25, 0.3) is 0 Å². The second kappa shape index (κ2) is 5.84. The number of anilines is 1. The summed E-state index contributed by atoms with van der Waals surface area (Å²) in [6.45, 7) is 1.84. The Morgan fingerprint density at radius 2 is 2.26 bits per heavy atom. The van der Waals surface area contributed by atoms with Gasteiger partial charge in [0.15, 0.2) is 0 Å². The van der Waals surface area contributed by atoms with Crippen molar-refractivity contribution in [2.45, 2.75) is 13.3 Å². The van der Waals surface area contributed by atoms with E-state index in [1.54, 1.807) is 18.3 Å². The van der Waals surface area contributed by atoms with Crippen molar-refractivity contribution in [2.75, 3.05) is 12.3 Å².